The fourth-order valence-corrected chi connectivity index (χ4v) is 2.43. The number of benzene rings is 1. The second-order valence-electron chi connectivity index (χ2n) is 4.75. The average Bonchev–Trinajstić information content (AvgIpc) is 3.08. The van der Waals surface area contributed by atoms with Crippen molar-refractivity contribution >= 4 is 17.0 Å². The van der Waals surface area contributed by atoms with Crippen LogP contribution >= 0.6 is 0 Å². The van der Waals surface area contributed by atoms with Crippen LogP contribution in [0.5, 0.6) is 0 Å². The third-order valence-corrected chi connectivity index (χ3v) is 3.47. The van der Waals surface area contributed by atoms with Gasteiger partial charge < -0.3 is 4.74 Å². The second kappa shape index (κ2) is 4.97. The fraction of sp³-hybridized carbons (Fsp3) is 0.462. The van der Waals surface area contributed by atoms with E-state index in [1.54, 1.807) is 12.1 Å². The Morgan fingerprint density at radius 3 is 2.89 bits per heavy atom. The molecule has 1 aromatic carbocycles. The third kappa shape index (κ3) is 2.31. The van der Waals surface area contributed by atoms with Gasteiger partial charge in [0, 0.05) is 0 Å². The van der Waals surface area contributed by atoms with E-state index in [9.17, 15) is 4.79 Å². The van der Waals surface area contributed by atoms with Gasteiger partial charge in [-0.15, -0.1) is 5.10 Å². The van der Waals surface area contributed by atoms with Gasteiger partial charge in [-0.05, 0) is 44.1 Å². The Morgan fingerprint density at radius 2 is 2.16 bits per heavy atom. The highest BCUT2D eigenvalue weighted by atomic mass is 16.5. The van der Waals surface area contributed by atoms with Crippen molar-refractivity contribution in [3.63, 3.8) is 0 Å². The zero-order chi connectivity index (χ0) is 13.2. The molecule has 0 N–H and O–H groups in total. The number of fused-ring (bicyclic) bond motifs is 1. The summed E-state index contributed by atoms with van der Waals surface area (Å²) in [7, 11) is 1.37. The Kier molecular flexibility index (Phi) is 3.16. The number of aromatic nitrogens is 3. The SMILES string of the molecule is COC(=O)c1ccc2c(c1)nnn2CN1CCCC1. The smallest absolute Gasteiger partial charge is 0.337 e. The van der Waals surface area contributed by atoms with Gasteiger partial charge in [0.15, 0.2) is 0 Å². The molecular weight excluding hydrogens is 244 g/mol. The van der Waals surface area contributed by atoms with E-state index in [0.717, 1.165) is 30.8 Å². The lowest BCUT2D eigenvalue weighted by atomic mass is 10.2. The van der Waals surface area contributed by atoms with Gasteiger partial charge in [-0.1, -0.05) is 5.21 Å². The Labute approximate surface area is 110 Å². The van der Waals surface area contributed by atoms with Crippen LogP contribution in [-0.2, 0) is 11.4 Å². The number of carbonyl (C=O) groups excluding carboxylic acids is 1. The standard InChI is InChI=1S/C13H16N4O2/c1-19-13(18)10-4-5-12-11(8-10)14-15-17(12)9-16-6-2-3-7-16/h4-5,8H,2-3,6-7,9H2,1H3. The van der Waals surface area contributed by atoms with Gasteiger partial charge in [0.1, 0.15) is 5.52 Å². The summed E-state index contributed by atoms with van der Waals surface area (Å²) in [5.41, 5.74) is 2.17. The van der Waals surface area contributed by atoms with E-state index in [4.69, 9.17) is 4.74 Å². The number of esters is 1. The lowest BCUT2D eigenvalue weighted by Crippen LogP contribution is -2.23. The fourth-order valence-electron chi connectivity index (χ4n) is 2.43. The number of rotatable bonds is 3. The van der Waals surface area contributed by atoms with Crippen molar-refractivity contribution < 1.29 is 9.53 Å². The average molecular weight is 260 g/mol. The van der Waals surface area contributed by atoms with Gasteiger partial charge in [0.05, 0.1) is 24.9 Å². The third-order valence-electron chi connectivity index (χ3n) is 3.47. The first kappa shape index (κ1) is 12.1. The van der Waals surface area contributed by atoms with Crippen LogP contribution in [0.1, 0.15) is 23.2 Å². The predicted octanol–water partition coefficient (Wildman–Crippen LogP) is 1.27. The van der Waals surface area contributed by atoms with E-state index >= 15 is 0 Å². The van der Waals surface area contributed by atoms with E-state index in [1.807, 2.05) is 10.7 Å². The largest absolute Gasteiger partial charge is 0.465 e. The van der Waals surface area contributed by atoms with Crippen molar-refractivity contribution in [1.82, 2.24) is 19.9 Å². The lowest BCUT2D eigenvalue weighted by Gasteiger charge is -2.14. The number of ether oxygens (including phenoxy) is 1. The summed E-state index contributed by atoms with van der Waals surface area (Å²) in [5.74, 6) is -0.351. The maximum atomic E-state index is 11.5. The van der Waals surface area contributed by atoms with Crippen molar-refractivity contribution in [2.24, 2.45) is 0 Å². The minimum atomic E-state index is -0.351. The van der Waals surface area contributed by atoms with Crippen LogP contribution < -0.4 is 0 Å². The number of nitrogens with zero attached hydrogens (tertiary/aromatic N) is 4. The molecule has 6 nitrogen and oxygen atoms in total. The molecule has 1 aliphatic heterocycles. The number of methoxy groups -OCH3 is 1. The molecule has 0 saturated carbocycles. The molecule has 19 heavy (non-hydrogen) atoms. The topological polar surface area (TPSA) is 60.2 Å². The van der Waals surface area contributed by atoms with E-state index in [0.29, 0.717) is 5.56 Å². The molecule has 100 valence electrons. The predicted molar refractivity (Wildman–Crippen MR) is 69.7 cm³/mol. The zero-order valence-corrected chi connectivity index (χ0v) is 10.9. The molecule has 1 saturated heterocycles. The summed E-state index contributed by atoms with van der Waals surface area (Å²) in [5, 5.41) is 8.27. The van der Waals surface area contributed by atoms with Crippen LogP contribution in [0.15, 0.2) is 18.2 Å². The molecule has 0 unspecified atom stereocenters. The molecule has 0 atom stereocenters. The Bertz CT molecular complexity index is 602. The quantitative estimate of drug-likeness (QED) is 0.778. The van der Waals surface area contributed by atoms with Crippen LogP contribution in [0.2, 0.25) is 0 Å². The second-order valence-corrected chi connectivity index (χ2v) is 4.75. The Morgan fingerprint density at radius 1 is 1.37 bits per heavy atom. The summed E-state index contributed by atoms with van der Waals surface area (Å²) in [6.45, 7) is 2.98. The summed E-state index contributed by atoms with van der Waals surface area (Å²) < 4.78 is 6.57. The Balaban J connectivity index is 1.88. The van der Waals surface area contributed by atoms with Crippen LogP contribution in [0.4, 0.5) is 0 Å². The van der Waals surface area contributed by atoms with Crippen molar-refractivity contribution in [3.8, 4) is 0 Å². The first-order chi connectivity index (χ1) is 9.28. The Hall–Kier alpha value is -1.95. The number of hydrogen-bond donors (Lipinski definition) is 0. The highest BCUT2D eigenvalue weighted by molar-refractivity contribution is 5.93. The molecule has 2 heterocycles. The first-order valence-corrected chi connectivity index (χ1v) is 6.42. The maximum Gasteiger partial charge on any atom is 0.337 e. The van der Waals surface area contributed by atoms with Crippen molar-refractivity contribution in [2.45, 2.75) is 19.5 Å². The molecule has 3 rings (SSSR count). The van der Waals surface area contributed by atoms with Gasteiger partial charge >= 0.3 is 5.97 Å². The molecule has 0 aliphatic carbocycles. The van der Waals surface area contributed by atoms with Crippen LogP contribution in [0.3, 0.4) is 0 Å². The van der Waals surface area contributed by atoms with Crippen molar-refractivity contribution in [1.29, 1.82) is 0 Å². The van der Waals surface area contributed by atoms with E-state index < -0.39 is 0 Å². The summed E-state index contributed by atoms with van der Waals surface area (Å²) >= 11 is 0. The highest BCUT2D eigenvalue weighted by Gasteiger charge is 2.15. The molecule has 0 amide bonds. The maximum absolute atomic E-state index is 11.5. The normalized spacial score (nSPS) is 16.1. The molecule has 0 radical (unpaired) electrons. The number of likely N-dealkylation sites (tertiary alicyclic amines) is 1. The van der Waals surface area contributed by atoms with Crippen molar-refractivity contribution in [2.75, 3.05) is 20.2 Å². The molecule has 1 aromatic heterocycles. The van der Waals surface area contributed by atoms with Crippen LogP contribution in [-0.4, -0.2) is 46.1 Å². The molecule has 1 aliphatic rings. The highest BCUT2D eigenvalue weighted by Crippen LogP contribution is 2.16. The first-order valence-electron chi connectivity index (χ1n) is 6.42. The van der Waals surface area contributed by atoms with Gasteiger partial charge in [0.2, 0.25) is 0 Å². The minimum Gasteiger partial charge on any atom is -0.465 e. The van der Waals surface area contributed by atoms with Crippen molar-refractivity contribution in [3.05, 3.63) is 23.8 Å². The summed E-state index contributed by atoms with van der Waals surface area (Å²) in [4.78, 5) is 13.8. The zero-order valence-electron chi connectivity index (χ0n) is 10.9. The molecular formula is C13H16N4O2. The summed E-state index contributed by atoms with van der Waals surface area (Å²) in [6, 6.07) is 5.34. The molecule has 0 spiro atoms. The van der Waals surface area contributed by atoms with Crippen LogP contribution in [0, 0.1) is 0 Å². The molecule has 0 bridgehead atoms. The number of carbonyl (C=O) groups is 1. The molecule has 6 heteroatoms. The van der Waals surface area contributed by atoms with E-state index in [1.165, 1.54) is 20.0 Å². The van der Waals surface area contributed by atoms with Gasteiger partial charge in [0.25, 0.3) is 0 Å². The monoisotopic (exact) mass is 260 g/mol. The minimum absolute atomic E-state index is 0.351. The van der Waals surface area contributed by atoms with E-state index in [-0.39, 0.29) is 5.97 Å². The van der Waals surface area contributed by atoms with E-state index in [2.05, 4.69) is 15.2 Å². The molecule has 2 aromatic rings. The van der Waals surface area contributed by atoms with Gasteiger partial charge in [-0.2, -0.15) is 0 Å². The van der Waals surface area contributed by atoms with Crippen LogP contribution in [0.25, 0.3) is 11.0 Å². The van der Waals surface area contributed by atoms with Gasteiger partial charge in [-0.3, -0.25) is 4.90 Å². The molecule has 1 fully saturated rings. The van der Waals surface area contributed by atoms with Gasteiger partial charge in [-0.25, -0.2) is 9.48 Å². The lowest BCUT2D eigenvalue weighted by molar-refractivity contribution is 0.0601. The number of hydrogen-bond acceptors (Lipinski definition) is 5. The summed E-state index contributed by atoms with van der Waals surface area (Å²) in [6.07, 6.45) is 2.50.